The van der Waals surface area contributed by atoms with Crippen LogP contribution in [-0.2, 0) is 6.61 Å². The number of rotatable bonds is 4. The topological polar surface area (TPSA) is 77.2 Å². The number of nitrogens with zero attached hydrogens (tertiary/aromatic N) is 4. The molecule has 21 heavy (non-hydrogen) atoms. The SMILES string of the molecule is CN(C)c1nc(N)nc(COc2cc(Cl)c(Cl)cc2Cl)n1. The summed E-state index contributed by atoms with van der Waals surface area (Å²) in [6.07, 6.45) is 0. The van der Waals surface area contributed by atoms with Gasteiger partial charge in [-0.2, -0.15) is 15.0 Å². The molecule has 0 spiro atoms. The average molecular weight is 349 g/mol. The number of aromatic nitrogens is 3. The molecule has 0 radical (unpaired) electrons. The van der Waals surface area contributed by atoms with Crippen LogP contribution in [0.25, 0.3) is 0 Å². The van der Waals surface area contributed by atoms with E-state index in [4.69, 9.17) is 45.3 Å². The van der Waals surface area contributed by atoms with Crippen molar-refractivity contribution < 1.29 is 4.74 Å². The van der Waals surface area contributed by atoms with Gasteiger partial charge in [0, 0.05) is 20.2 Å². The van der Waals surface area contributed by atoms with Crippen LogP contribution in [0.2, 0.25) is 15.1 Å². The lowest BCUT2D eigenvalue weighted by Gasteiger charge is -2.12. The fourth-order valence-electron chi connectivity index (χ4n) is 1.45. The van der Waals surface area contributed by atoms with Crippen molar-refractivity contribution in [1.29, 1.82) is 0 Å². The molecule has 112 valence electrons. The van der Waals surface area contributed by atoms with Crippen LogP contribution in [0.4, 0.5) is 11.9 Å². The van der Waals surface area contributed by atoms with Crippen molar-refractivity contribution in [3.63, 3.8) is 0 Å². The van der Waals surface area contributed by atoms with Crippen LogP contribution < -0.4 is 15.4 Å². The number of benzene rings is 1. The van der Waals surface area contributed by atoms with Crippen molar-refractivity contribution in [3.8, 4) is 5.75 Å². The molecule has 2 rings (SSSR count). The molecule has 2 N–H and O–H groups in total. The number of ether oxygens (including phenoxy) is 1. The number of hydrogen-bond acceptors (Lipinski definition) is 6. The van der Waals surface area contributed by atoms with Gasteiger partial charge in [-0.3, -0.25) is 0 Å². The van der Waals surface area contributed by atoms with Gasteiger partial charge in [-0.15, -0.1) is 0 Å². The third kappa shape index (κ3) is 4.00. The molecular weight excluding hydrogens is 337 g/mol. The van der Waals surface area contributed by atoms with Crippen molar-refractivity contribution in [1.82, 2.24) is 15.0 Å². The number of nitrogens with two attached hydrogens (primary N) is 1. The lowest BCUT2D eigenvalue weighted by atomic mass is 10.3. The third-order valence-electron chi connectivity index (χ3n) is 2.42. The zero-order valence-electron chi connectivity index (χ0n) is 11.3. The molecule has 0 fully saturated rings. The Morgan fingerprint density at radius 1 is 1.05 bits per heavy atom. The van der Waals surface area contributed by atoms with Crippen LogP contribution >= 0.6 is 34.8 Å². The van der Waals surface area contributed by atoms with Crippen molar-refractivity contribution in [2.75, 3.05) is 24.7 Å². The monoisotopic (exact) mass is 347 g/mol. The first kappa shape index (κ1) is 15.9. The Kier molecular flexibility index (Phi) is 4.92. The van der Waals surface area contributed by atoms with Crippen LogP contribution in [-0.4, -0.2) is 29.0 Å². The molecule has 0 saturated carbocycles. The van der Waals surface area contributed by atoms with E-state index in [2.05, 4.69) is 15.0 Å². The summed E-state index contributed by atoms with van der Waals surface area (Å²) in [6.45, 7) is 0.0746. The number of nitrogen functional groups attached to an aromatic ring is 1. The largest absolute Gasteiger partial charge is 0.484 e. The maximum absolute atomic E-state index is 6.03. The molecule has 0 saturated heterocycles. The summed E-state index contributed by atoms with van der Waals surface area (Å²) in [4.78, 5) is 13.9. The summed E-state index contributed by atoms with van der Waals surface area (Å²) in [5.41, 5.74) is 5.63. The molecule has 0 atom stereocenters. The Morgan fingerprint density at radius 3 is 2.38 bits per heavy atom. The highest BCUT2D eigenvalue weighted by Gasteiger charge is 2.10. The lowest BCUT2D eigenvalue weighted by Crippen LogP contribution is -2.16. The molecule has 1 aromatic carbocycles. The van der Waals surface area contributed by atoms with Gasteiger partial charge in [0.2, 0.25) is 11.9 Å². The Bertz CT molecular complexity index is 666. The Hall–Kier alpha value is -1.50. The maximum Gasteiger partial charge on any atom is 0.230 e. The Labute approximate surface area is 136 Å². The molecule has 0 unspecified atom stereocenters. The average Bonchev–Trinajstić information content (AvgIpc) is 2.40. The van der Waals surface area contributed by atoms with Gasteiger partial charge in [0.15, 0.2) is 5.82 Å². The van der Waals surface area contributed by atoms with Gasteiger partial charge in [0.25, 0.3) is 0 Å². The highest BCUT2D eigenvalue weighted by atomic mass is 35.5. The second kappa shape index (κ2) is 6.51. The molecule has 6 nitrogen and oxygen atoms in total. The van der Waals surface area contributed by atoms with E-state index >= 15 is 0 Å². The van der Waals surface area contributed by atoms with Gasteiger partial charge >= 0.3 is 0 Å². The molecule has 0 aliphatic heterocycles. The standard InChI is InChI=1S/C12H12Cl3N5O/c1-20(2)12-18-10(17-11(16)19-12)5-21-9-4-7(14)6(13)3-8(9)15/h3-4H,5H2,1-2H3,(H2,16,17,18,19). The minimum Gasteiger partial charge on any atom is -0.484 e. The van der Waals surface area contributed by atoms with Gasteiger partial charge in [-0.1, -0.05) is 34.8 Å². The first-order valence-corrected chi connectivity index (χ1v) is 6.95. The van der Waals surface area contributed by atoms with Gasteiger partial charge in [-0.25, -0.2) is 0 Å². The zero-order chi connectivity index (χ0) is 15.6. The summed E-state index contributed by atoms with van der Waals surface area (Å²) < 4.78 is 5.55. The van der Waals surface area contributed by atoms with Crippen LogP contribution in [0.15, 0.2) is 12.1 Å². The molecule has 0 amide bonds. The number of hydrogen-bond donors (Lipinski definition) is 1. The predicted octanol–water partition coefficient (Wildman–Crippen LogP) is 3.06. The second-order valence-corrected chi connectivity index (χ2v) is 5.51. The van der Waals surface area contributed by atoms with E-state index in [1.807, 2.05) is 0 Å². The quantitative estimate of drug-likeness (QED) is 0.856. The zero-order valence-corrected chi connectivity index (χ0v) is 13.5. The van der Waals surface area contributed by atoms with E-state index < -0.39 is 0 Å². The van der Waals surface area contributed by atoms with Crippen molar-refractivity contribution in [2.24, 2.45) is 0 Å². The highest BCUT2D eigenvalue weighted by Crippen LogP contribution is 2.34. The molecular formula is C12H12Cl3N5O. The summed E-state index contributed by atoms with van der Waals surface area (Å²) in [5, 5.41) is 1.05. The fourth-order valence-corrected chi connectivity index (χ4v) is 2.04. The minimum absolute atomic E-state index is 0.0746. The van der Waals surface area contributed by atoms with E-state index in [0.717, 1.165) is 0 Å². The summed E-state index contributed by atoms with van der Waals surface area (Å²) in [6, 6.07) is 3.04. The molecule has 9 heteroatoms. The third-order valence-corrected chi connectivity index (χ3v) is 3.44. The minimum atomic E-state index is 0.0746. The van der Waals surface area contributed by atoms with Crippen molar-refractivity contribution in [2.45, 2.75) is 6.61 Å². The highest BCUT2D eigenvalue weighted by molar-refractivity contribution is 6.43. The molecule has 1 aromatic heterocycles. The lowest BCUT2D eigenvalue weighted by molar-refractivity contribution is 0.296. The normalized spacial score (nSPS) is 10.5. The molecule has 0 bridgehead atoms. The smallest absolute Gasteiger partial charge is 0.230 e. The predicted molar refractivity (Wildman–Crippen MR) is 84.4 cm³/mol. The van der Waals surface area contributed by atoms with Crippen LogP contribution in [0.5, 0.6) is 5.75 Å². The molecule has 1 heterocycles. The van der Waals surface area contributed by atoms with Gasteiger partial charge < -0.3 is 15.4 Å². The summed E-state index contributed by atoms with van der Waals surface area (Å²) >= 11 is 17.8. The second-order valence-electron chi connectivity index (χ2n) is 4.29. The molecule has 0 aliphatic carbocycles. The maximum atomic E-state index is 6.03. The van der Waals surface area contributed by atoms with E-state index in [-0.39, 0.29) is 12.6 Å². The number of anilines is 2. The van der Waals surface area contributed by atoms with E-state index in [1.165, 1.54) is 12.1 Å². The number of halogens is 3. The molecule has 2 aromatic rings. The van der Waals surface area contributed by atoms with Gasteiger partial charge in [0.1, 0.15) is 12.4 Å². The van der Waals surface area contributed by atoms with E-state index in [0.29, 0.717) is 32.6 Å². The first-order chi connectivity index (χ1) is 9.86. The van der Waals surface area contributed by atoms with E-state index in [9.17, 15) is 0 Å². The van der Waals surface area contributed by atoms with Gasteiger partial charge in [-0.05, 0) is 6.07 Å². The molecule has 0 aliphatic rings. The van der Waals surface area contributed by atoms with Crippen molar-refractivity contribution >= 4 is 46.7 Å². The van der Waals surface area contributed by atoms with Gasteiger partial charge in [0.05, 0.1) is 15.1 Å². The summed E-state index contributed by atoms with van der Waals surface area (Å²) in [5.74, 6) is 1.33. The Balaban J connectivity index is 2.18. The van der Waals surface area contributed by atoms with Crippen LogP contribution in [0.3, 0.4) is 0 Å². The van der Waals surface area contributed by atoms with Crippen LogP contribution in [0.1, 0.15) is 5.82 Å². The van der Waals surface area contributed by atoms with Crippen LogP contribution in [0, 0.1) is 0 Å². The van der Waals surface area contributed by atoms with E-state index in [1.54, 1.807) is 19.0 Å². The first-order valence-electron chi connectivity index (χ1n) is 5.82. The Morgan fingerprint density at radius 2 is 1.71 bits per heavy atom. The fraction of sp³-hybridized carbons (Fsp3) is 0.250. The summed E-state index contributed by atoms with van der Waals surface area (Å²) in [7, 11) is 3.60. The van der Waals surface area contributed by atoms with Crippen molar-refractivity contribution in [3.05, 3.63) is 33.0 Å².